The molecule has 0 spiro atoms. The second-order valence-corrected chi connectivity index (χ2v) is 5.78. The predicted octanol–water partition coefficient (Wildman–Crippen LogP) is 1.43. The summed E-state index contributed by atoms with van der Waals surface area (Å²) < 4.78 is 18.5. The highest BCUT2D eigenvalue weighted by atomic mass is 35.5. The molecule has 0 unspecified atom stereocenters. The first-order chi connectivity index (χ1) is 9.61. The molecule has 1 aromatic carbocycles. The van der Waals surface area contributed by atoms with Gasteiger partial charge in [0, 0.05) is 24.7 Å². The van der Waals surface area contributed by atoms with Crippen LogP contribution in [-0.4, -0.2) is 43.2 Å². The zero-order valence-corrected chi connectivity index (χ0v) is 11.7. The van der Waals surface area contributed by atoms with E-state index in [2.05, 4.69) is 10.2 Å². The van der Waals surface area contributed by atoms with Gasteiger partial charge >= 0.3 is 0 Å². The summed E-state index contributed by atoms with van der Waals surface area (Å²) in [5.41, 5.74) is 0.876. The highest BCUT2D eigenvalue weighted by Gasteiger charge is 2.33. The maximum absolute atomic E-state index is 13.1. The lowest BCUT2D eigenvalue weighted by atomic mass is 10.1. The first kappa shape index (κ1) is 13.8. The van der Waals surface area contributed by atoms with Crippen molar-refractivity contribution in [2.45, 2.75) is 12.6 Å². The average molecular weight is 299 g/mol. The van der Waals surface area contributed by atoms with Crippen molar-refractivity contribution < 1.29 is 13.9 Å². The Kier molecular flexibility index (Phi) is 3.92. The fourth-order valence-electron chi connectivity index (χ4n) is 2.74. The van der Waals surface area contributed by atoms with Crippen LogP contribution >= 0.6 is 11.6 Å². The van der Waals surface area contributed by atoms with Crippen LogP contribution < -0.4 is 5.32 Å². The fraction of sp³-hybridized carbons (Fsp3) is 0.500. The van der Waals surface area contributed by atoms with Gasteiger partial charge < -0.3 is 10.1 Å². The summed E-state index contributed by atoms with van der Waals surface area (Å²) in [6.45, 7) is 2.96. The predicted molar refractivity (Wildman–Crippen MR) is 72.9 cm³/mol. The molecule has 1 amide bonds. The summed E-state index contributed by atoms with van der Waals surface area (Å²) in [6, 6.07) is 4.44. The Bertz CT molecular complexity index is 526. The molecule has 0 aliphatic carbocycles. The summed E-state index contributed by atoms with van der Waals surface area (Å²) in [5, 5.41) is 3.41. The topological polar surface area (TPSA) is 41.6 Å². The number of hydrogen-bond donors (Lipinski definition) is 1. The molecule has 20 heavy (non-hydrogen) atoms. The van der Waals surface area contributed by atoms with Gasteiger partial charge in [0.15, 0.2) is 0 Å². The number of benzene rings is 1. The first-order valence-corrected chi connectivity index (χ1v) is 7.04. The summed E-state index contributed by atoms with van der Waals surface area (Å²) in [6.07, 6.45) is 0. The van der Waals surface area contributed by atoms with E-state index in [4.69, 9.17) is 16.3 Å². The molecule has 0 saturated carbocycles. The van der Waals surface area contributed by atoms with E-state index in [0.29, 0.717) is 31.3 Å². The third-order valence-corrected chi connectivity index (χ3v) is 4.07. The van der Waals surface area contributed by atoms with E-state index in [9.17, 15) is 9.18 Å². The maximum Gasteiger partial charge on any atom is 0.227 e. The number of ether oxygens (including phenoxy) is 1. The minimum Gasteiger partial charge on any atom is -0.378 e. The number of halogens is 2. The number of carbonyl (C=O) groups excluding carboxylic acids is 1. The molecule has 0 aromatic heterocycles. The summed E-state index contributed by atoms with van der Waals surface area (Å²) in [5.74, 6) is -0.432. The molecule has 3 rings (SSSR count). The molecule has 1 N–H and O–H groups in total. The Morgan fingerprint density at radius 2 is 2.25 bits per heavy atom. The zero-order valence-electron chi connectivity index (χ0n) is 10.9. The Morgan fingerprint density at radius 3 is 3.05 bits per heavy atom. The van der Waals surface area contributed by atoms with Crippen LogP contribution in [0.15, 0.2) is 18.2 Å². The molecule has 2 atom stereocenters. The number of amides is 1. The van der Waals surface area contributed by atoms with Gasteiger partial charge in [0.05, 0.1) is 25.2 Å². The monoisotopic (exact) mass is 298 g/mol. The van der Waals surface area contributed by atoms with Crippen LogP contribution in [0.25, 0.3) is 0 Å². The second-order valence-electron chi connectivity index (χ2n) is 5.37. The normalized spacial score (nSPS) is 27.0. The van der Waals surface area contributed by atoms with Crippen molar-refractivity contribution in [2.75, 3.05) is 26.3 Å². The maximum atomic E-state index is 13.1. The van der Waals surface area contributed by atoms with Crippen LogP contribution in [-0.2, 0) is 16.1 Å². The SMILES string of the molecule is O=C1N[C@@H]2COC[C@H]1CN(Cc1ccc(F)cc1Cl)C2. The van der Waals surface area contributed by atoms with Crippen LogP contribution in [0, 0.1) is 11.7 Å². The van der Waals surface area contributed by atoms with Gasteiger partial charge in [-0.25, -0.2) is 4.39 Å². The second kappa shape index (κ2) is 5.68. The Balaban J connectivity index is 1.76. The van der Waals surface area contributed by atoms with Gasteiger partial charge in [-0.05, 0) is 17.7 Å². The van der Waals surface area contributed by atoms with Crippen molar-refractivity contribution in [3.63, 3.8) is 0 Å². The molecule has 2 saturated heterocycles. The van der Waals surface area contributed by atoms with E-state index in [1.165, 1.54) is 12.1 Å². The molecule has 6 heteroatoms. The van der Waals surface area contributed by atoms with Crippen molar-refractivity contribution in [1.29, 1.82) is 0 Å². The van der Waals surface area contributed by atoms with Crippen molar-refractivity contribution in [3.05, 3.63) is 34.6 Å². The molecular formula is C14H16ClFN2O2. The summed E-state index contributed by atoms with van der Waals surface area (Å²) >= 11 is 6.06. The Labute approximate surface area is 121 Å². The molecule has 2 aliphatic heterocycles. The number of rotatable bonds is 2. The van der Waals surface area contributed by atoms with Gasteiger partial charge in [-0.1, -0.05) is 17.7 Å². The third kappa shape index (κ3) is 2.95. The van der Waals surface area contributed by atoms with Gasteiger partial charge in [0.2, 0.25) is 5.91 Å². The Hall–Kier alpha value is -1.17. The average Bonchev–Trinajstić information content (AvgIpc) is 2.61. The van der Waals surface area contributed by atoms with Gasteiger partial charge in [0.1, 0.15) is 5.82 Å². The first-order valence-electron chi connectivity index (χ1n) is 6.66. The number of hydrogen-bond acceptors (Lipinski definition) is 3. The highest BCUT2D eigenvalue weighted by Crippen LogP contribution is 2.21. The lowest BCUT2D eigenvalue weighted by Gasteiger charge is -2.27. The van der Waals surface area contributed by atoms with Crippen LogP contribution in [0.2, 0.25) is 5.02 Å². The fourth-order valence-corrected chi connectivity index (χ4v) is 2.97. The number of nitrogens with one attached hydrogen (secondary N) is 1. The number of nitrogens with zero attached hydrogens (tertiary/aromatic N) is 1. The highest BCUT2D eigenvalue weighted by molar-refractivity contribution is 6.31. The minimum atomic E-state index is -0.336. The van der Waals surface area contributed by atoms with E-state index in [1.54, 1.807) is 6.07 Å². The van der Waals surface area contributed by atoms with E-state index < -0.39 is 0 Å². The summed E-state index contributed by atoms with van der Waals surface area (Å²) in [4.78, 5) is 14.1. The molecule has 2 bridgehead atoms. The van der Waals surface area contributed by atoms with Crippen LogP contribution in [0.1, 0.15) is 5.56 Å². The zero-order chi connectivity index (χ0) is 14.1. The standard InChI is InChI=1S/C14H16ClFN2O2/c15-13-3-11(16)2-1-9(13)4-18-5-10-7-20-8-12(6-18)17-14(10)19/h1-3,10,12H,4-8H2,(H,17,19)/t10-,12+/m1/s1. The van der Waals surface area contributed by atoms with Crippen molar-refractivity contribution in [3.8, 4) is 0 Å². The third-order valence-electron chi connectivity index (χ3n) is 3.72. The molecule has 4 nitrogen and oxygen atoms in total. The van der Waals surface area contributed by atoms with Crippen LogP contribution in [0.3, 0.4) is 0 Å². The van der Waals surface area contributed by atoms with Crippen molar-refractivity contribution in [2.24, 2.45) is 5.92 Å². The van der Waals surface area contributed by atoms with E-state index in [-0.39, 0.29) is 23.7 Å². The van der Waals surface area contributed by atoms with Crippen molar-refractivity contribution in [1.82, 2.24) is 10.2 Å². The lowest BCUT2D eigenvalue weighted by Crippen LogP contribution is -2.41. The molecule has 2 aliphatic rings. The van der Waals surface area contributed by atoms with Gasteiger partial charge in [-0.3, -0.25) is 9.69 Å². The number of fused-ring (bicyclic) bond motifs is 3. The minimum absolute atomic E-state index is 0.00854. The molecule has 2 fully saturated rings. The molecule has 1 aromatic rings. The van der Waals surface area contributed by atoms with Crippen molar-refractivity contribution >= 4 is 17.5 Å². The van der Waals surface area contributed by atoms with Crippen LogP contribution in [0.4, 0.5) is 4.39 Å². The quantitative estimate of drug-likeness (QED) is 0.898. The van der Waals surface area contributed by atoms with Crippen LogP contribution in [0.5, 0.6) is 0 Å². The lowest BCUT2D eigenvalue weighted by molar-refractivity contribution is -0.125. The Morgan fingerprint density at radius 1 is 1.40 bits per heavy atom. The van der Waals surface area contributed by atoms with Gasteiger partial charge in [-0.15, -0.1) is 0 Å². The largest absolute Gasteiger partial charge is 0.378 e. The molecule has 2 heterocycles. The smallest absolute Gasteiger partial charge is 0.227 e. The van der Waals surface area contributed by atoms with Gasteiger partial charge in [0.25, 0.3) is 0 Å². The number of carbonyl (C=O) groups is 1. The molecular weight excluding hydrogens is 283 g/mol. The molecule has 0 radical (unpaired) electrons. The van der Waals surface area contributed by atoms with E-state index >= 15 is 0 Å². The summed E-state index contributed by atoms with van der Waals surface area (Å²) in [7, 11) is 0. The van der Waals surface area contributed by atoms with E-state index in [1.807, 2.05) is 0 Å². The molecule has 108 valence electrons. The van der Waals surface area contributed by atoms with E-state index in [0.717, 1.165) is 12.1 Å². The van der Waals surface area contributed by atoms with Gasteiger partial charge in [-0.2, -0.15) is 0 Å².